The third-order valence-corrected chi connectivity index (χ3v) is 3.61. The van der Waals surface area contributed by atoms with Crippen molar-refractivity contribution < 1.29 is 5.11 Å². The zero-order valence-corrected chi connectivity index (χ0v) is 9.56. The number of aliphatic hydroxyl groups is 1. The number of nitrogens with zero attached hydrogens (tertiary/aromatic N) is 1. The van der Waals surface area contributed by atoms with Gasteiger partial charge in [0.15, 0.2) is 0 Å². The first-order valence-corrected chi connectivity index (χ1v) is 5.73. The van der Waals surface area contributed by atoms with E-state index in [9.17, 15) is 5.11 Å². The van der Waals surface area contributed by atoms with Crippen LogP contribution < -0.4 is 0 Å². The van der Waals surface area contributed by atoms with Crippen molar-refractivity contribution in [2.75, 3.05) is 0 Å². The summed E-state index contributed by atoms with van der Waals surface area (Å²) in [6.45, 7) is 2.02. The molecule has 1 aromatic rings. The van der Waals surface area contributed by atoms with Crippen molar-refractivity contribution in [1.29, 1.82) is 0 Å². The summed E-state index contributed by atoms with van der Waals surface area (Å²) in [6.07, 6.45) is 4.68. The lowest BCUT2D eigenvalue weighted by Gasteiger charge is -2.36. The van der Waals surface area contributed by atoms with E-state index in [2.05, 4.69) is 20.3 Å². The van der Waals surface area contributed by atoms with E-state index in [-0.39, 0.29) is 5.66 Å². The van der Waals surface area contributed by atoms with Crippen LogP contribution in [0.3, 0.4) is 0 Å². The van der Waals surface area contributed by atoms with Gasteiger partial charge in [0, 0.05) is 11.9 Å². The topological polar surface area (TPSA) is 33.1 Å². The van der Waals surface area contributed by atoms with Crippen molar-refractivity contribution in [3.63, 3.8) is 0 Å². The van der Waals surface area contributed by atoms with Crippen LogP contribution in [-0.2, 0) is 12.0 Å². The zero-order valence-electron chi connectivity index (χ0n) is 8.40. The SMILES string of the molecule is CC(P)C1(O)CCCc2cccnc21. The van der Waals surface area contributed by atoms with Crippen LogP contribution in [0.25, 0.3) is 0 Å². The van der Waals surface area contributed by atoms with Crippen LogP contribution in [0.5, 0.6) is 0 Å². The second-order valence-electron chi connectivity index (χ2n) is 4.08. The van der Waals surface area contributed by atoms with Crippen LogP contribution in [0.1, 0.15) is 31.0 Å². The predicted octanol–water partition coefficient (Wildman–Crippen LogP) is 1.87. The molecule has 1 N–H and O–H groups in total. The molecule has 0 bridgehead atoms. The minimum Gasteiger partial charge on any atom is -0.383 e. The molecule has 1 aliphatic carbocycles. The summed E-state index contributed by atoms with van der Waals surface area (Å²) in [4.78, 5) is 4.33. The van der Waals surface area contributed by atoms with Gasteiger partial charge in [-0.15, -0.1) is 9.24 Å². The molecule has 14 heavy (non-hydrogen) atoms. The summed E-state index contributed by atoms with van der Waals surface area (Å²) in [5, 5.41) is 10.5. The zero-order chi connectivity index (χ0) is 10.2. The molecule has 1 heterocycles. The van der Waals surface area contributed by atoms with Gasteiger partial charge in [0.1, 0.15) is 5.60 Å². The first-order chi connectivity index (χ1) is 6.64. The third kappa shape index (κ3) is 1.47. The summed E-state index contributed by atoms with van der Waals surface area (Å²) in [7, 11) is 2.69. The van der Waals surface area contributed by atoms with Crippen molar-refractivity contribution in [3.8, 4) is 0 Å². The van der Waals surface area contributed by atoms with Gasteiger partial charge in [-0.1, -0.05) is 13.0 Å². The molecule has 2 nitrogen and oxygen atoms in total. The molecule has 76 valence electrons. The highest BCUT2D eigenvalue weighted by Crippen LogP contribution is 2.39. The molecular formula is C11H16NOP. The maximum atomic E-state index is 10.5. The standard InChI is InChI=1S/C11H16NOP/c1-8(14)11(13)6-2-4-9-5-3-7-12-10(9)11/h3,5,7-8,13H,2,4,6,14H2,1H3. The minimum absolute atomic E-state index is 0.149. The number of aryl methyl sites for hydroxylation is 1. The van der Waals surface area contributed by atoms with Gasteiger partial charge in [0.05, 0.1) is 5.69 Å². The molecule has 2 rings (SSSR count). The quantitative estimate of drug-likeness (QED) is 0.716. The van der Waals surface area contributed by atoms with E-state index in [0.29, 0.717) is 0 Å². The summed E-state index contributed by atoms with van der Waals surface area (Å²) in [5.74, 6) is 0. The average molecular weight is 209 g/mol. The van der Waals surface area contributed by atoms with Crippen molar-refractivity contribution in [1.82, 2.24) is 4.98 Å². The van der Waals surface area contributed by atoms with E-state index >= 15 is 0 Å². The smallest absolute Gasteiger partial charge is 0.113 e. The Hall–Kier alpha value is -0.460. The Bertz CT molecular complexity index is 340. The Morgan fingerprint density at radius 3 is 3.14 bits per heavy atom. The highest BCUT2D eigenvalue weighted by Gasteiger charge is 2.38. The molecule has 3 heteroatoms. The van der Waals surface area contributed by atoms with Crippen molar-refractivity contribution in [2.24, 2.45) is 0 Å². The monoisotopic (exact) mass is 209 g/mol. The molecular weight excluding hydrogens is 193 g/mol. The highest BCUT2D eigenvalue weighted by atomic mass is 31.0. The molecule has 0 saturated heterocycles. The fourth-order valence-corrected chi connectivity index (χ4v) is 2.46. The Labute approximate surface area is 87.0 Å². The van der Waals surface area contributed by atoms with Crippen LogP contribution >= 0.6 is 9.24 Å². The van der Waals surface area contributed by atoms with Crippen molar-refractivity contribution in [3.05, 3.63) is 29.6 Å². The van der Waals surface area contributed by atoms with Gasteiger partial charge >= 0.3 is 0 Å². The predicted molar refractivity (Wildman–Crippen MR) is 60.2 cm³/mol. The van der Waals surface area contributed by atoms with Crippen LogP contribution in [0.4, 0.5) is 0 Å². The van der Waals surface area contributed by atoms with E-state index < -0.39 is 5.60 Å². The molecule has 1 aliphatic rings. The summed E-state index contributed by atoms with van der Waals surface area (Å²) < 4.78 is 0. The third-order valence-electron chi connectivity index (χ3n) is 3.06. The lowest BCUT2D eigenvalue weighted by atomic mass is 9.81. The second kappa shape index (κ2) is 3.60. The van der Waals surface area contributed by atoms with Gasteiger partial charge in [-0.3, -0.25) is 4.98 Å². The van der Waals surface area contributed by atoms with Crippen LogP contribution in [0.15, 0.2) is 18.3 Å². The van der Waals surface area contributed by atoms with E-state index in [4.69, 9.17) is 0 Å². The Morgan fingerprint density at radius 2 is 2.43 bits per heavy atom. The van der Waals surface area contributed by atoms with E-state index in [0.717, 1.165) is 25.0 Å². The van der Waals surface area contributed by atoms with Gasteiger partial charge in [0.25, 0.3) is 0 Å². The van der Waals surface area contributed by atoms with Crippen molar-refractivity contribution >= 4 is 9.24 Å². The van der Waals surface area contributed by atoms with Gasteiger partial charge in [0.2, 0.25) is 0 Å². The first kappa shape index (κ1) is 10.1. The lowest BCUT2D eigenvalue weighted by molar-refractivity contribution is 0.0158. The Morgan fingerprint density at radius 1 is 1.64 bits per heavy atom. The molecule has 0 aliphatic heterocycles. The van der Waals surface area contributed by atoms with Crippen LogP contribution in [0.2, 0.25) is 0 Å². The van der Waals surface area contributed by atoms with E-state index in [1.165, 1.54) is 5.56 Å². The average Bonchev–Trinajstić information content (AvgIpc) is 2.18. The fourth-order valence-electron chi connectivity index (χ4n) is 2.14. The number of pyridine rings is 1. The lowest BCUT2D eigenvalue weighted by Crippen LogP contribution is -2.38. The molecule has 0 fully saturated rings. The van der Waals surface area contributed by atoms with Gasteiger partial charge in [-0.2, -0.15) is 0 Å². The van der Waals surface area contributed by atoms with Crippen molar-refractivity contribution in [2.45, 2.75) is 37.4 Å². The molecule has 0 saturated carbocycles. The molecule has 3 atom stereocenters. The maximum absolute atomic E-state index is 10.5. The molecule has 0 aromatic carbocycles. The largest absolute Gasteiger partial charge is 0.383 e. The van der Waals surface area contributed by atoms with E-state index in [1.54, 1.807) is 6.20 Å². The molecule has 0 radical (unpaired) electrons. The molecule has 0 amide bonds. The van der Waals surface area contributed by atoms with Crippen LogP contribution in [0, 0.1) is 0 Å². The number of hydrogen-bond donors (Lipinski definition) is 1. The summed E-state index contributed by atoms with van der Waals surface area (Å²) >= 11 is 0. The van der Waals surface area contributed by atoms with Gasteiger partial charge in [-0.05, 0) is 30.9 Å². The van der Waals surface area contributed by atoms with Gasteiger partial charge < -0.3 is 5.11 Å². The second-order valence-corrected chi connectivity index (χ2v) is 5.08. The summed E-state index contributed by atoms with van der Waals surface area (Å²) in [5.41, 5.74) is 1.50. The number of rotatable bonds is 1. The maximum Gasteiger partial charge on any atom is 0.113 e. The highest BCUT2D eigenvalue weighted by molar-refractivity contribution is 7.17. The molecule has 1 aromatic heterocycles. The number of aromatic nitrogens is 1. The molecule has 3 unspecified atom stereocenters. The van der Waals surface area contributed by atoms with Gasteiger partial charge in [-0.25, -0.2) is 0 Å². The Kier molecular flexibility index (Phi) is 2.59. The summed E-state index contributed by atoms with van der Waals surface area (Å²) in [6, 6.07) is 4.01. The van der Waals surface area contributed by atoms with Crippen LogP contribution in [-0.4, -0.2) is 15.7 Å². The normalized spacial score (nSPS) is 28.2. The Balaban J connectivity index is 2.50. The minimum atomic E-state index is -0.737. The van der Waals surface area contributed by atoms with E-state index in [1.807, 2.05) is 13.0 Å². The number of hydrogen-bond acceptors (Lipinski definition) is 2. The fraction of sp³-hybridized carbons (Fsp3) is 0.545. The first-order valence-electron chi connectivity index (χ1n) is 5.07. The molecule has 0 spiro atoms. The number of fused-ring (bicyclic) bond motifs is 1.